The second-order valence-corrected chi connectivity index (χ2v) is 8.71. The molecule has 2 heterocycles. The van der Waals surface area contributed by atoms with Crippen LogP contribution in [0.5, 0.6) is 0 Å². The van der Waals surface area contributed by atoms with Gasteiger partial charge < -0.3 is 19.8 Å². The SMILES string of the molecule is O=C(NC1CCCCC1O)C(Cc1c[nH]c2ccccc12)NCc1cc2ccccc2o1. The first-order chi connectivity index (χ1) is 15.7. The van der Waals surface area contributed by atoms with Crippen LogP contribution >= 0.6 is 0 Å². The van der Waals surface area contributed by atoms with Gasteiger partial charge >= 0.3 is 0 Å². The Hall–Kier alpha value is -3.09. The highest BCUT2D eigenvalue weighted by Gasteiger charge is 2.28. The Kier molecular flexibility index (Phi) is 5.97. The average molecular weight is 432 g/mol. The van der Waals surface area contributed by atoms with E-state index >= 15 is 0 Å². The predicted octanol–water partition coefficient (Wildman–Crippen LogP) is 4.03. The second-order valence-electron chi connectivity index (χ2n) is 8.71. The number of nitrogens with one attached hydrogen (secondary N) is 3. The normalized spacial score (nSPS) is 19.9. The van der Waals surface area contributed by atoms with Crippen molar-refractivity contribution in [3.63, 3.8) is 0 Å². The van der Waals surface area contributed by atoms with Gasteiger partial charge in [-0.25, -0.2) is 0 Å². The number of para-hydroxylation sites is 2. The molecule has 1 fully saturated rings. The monoisotopic (exact) mass is 431 g/mol. The lowest BCUT2D eigenvalue weighted by Crippen LogP contribution is -2.52. The van der Waals surface area contributed by atoms with Crippen LogP contribution in [0.4, 0.5) is 0 Å². The third-order valence-electron chi connectivity index (χ3n) is 6.47. The fraction of sp³-hybridized carbons (Fsp3) is 0.346. The molecule has 0 spiro atoms. The Morgan fingerprint density at radius 1 is 1.12 bits per heavy atom. The van der Waals surface area contributed by atoms with Gasteiger partial charge in [-0.3, -0.25) is 10.1 Å². The fourth-order valence-corrected chi connectivity index (χ4v) is 4.69. The molecule has 2 aromatic heterocycles. The van der Waals surface area contributed by atoms with Crippen molar-refractivity contribution in [2.24, 2.45) is 0 Å². The average Bonchev–Trinajstić information content (AvgIpc) is 3.41. The van der Waals surface area contributed by atoms with Crippen molar-refractivity contribution in [2.45, 2.75) is 56.8 Å². The molecular weight excluding hydrogens is 402 g/mol. The van der Waals surface area contributed by atoms with Crippen molar-refractivity contribution in [1.82, 2.24) is 15.6 Å². The lowest BCUT2D eigenvalue weighted by molar-refractivity contribution is -0.125. The number of carbonyl (C=O) groups excluding carboxylic acids is 1. The number of carbonyl (C=O) groups is 1. The van der Waals surface area contributed by atoms with Gasteiger partial charge in [-0.2, -0.15) is 0 Å². The van der Waals surface area contributed by atoms with Gasteiger partial charge in [0.2, 0.25) is 5.91 Å². The second kappa shape index (κ2) is 9.18. The number of aliphatic hydroxyl groups is 1. The molecule has 4 N–H and O–H groups in total. The standard InChI is InChI=1S/C26H29N3O3/c30-24-11-5-4-10-22(24)29-26(31)23(14-18-15-27-21-9-3-2-8-20(18)21)28-16-19-13-17-7-1-6-12-25(17)32-19/h1-3,6-9,12-13,15,22-24,27-28,30H,4-5,10-11,14,16H2,(H,29,31). The molecule has 4 aromatic rings. The highest BCUT2D eigenvalue weighted by Crippen LogP contribution is 2.22. The number of aromatic amines is 1. The van der Waals surface area contributed by atoms with Crippen LogP contribution in [0.2, 0.25) is 0 Å². The summed E-state index contributed by atoms with van der Waals surface area (Å²) in [6.07, 6.45) is 5.64. The number of rotatable bonds is 7. The number of aromatic nitrogens is 1. The first-order valence-corrected chi connectivity index (χ1v) is 11.4. The zero-order valence-corrected chi connectivity index (χ0v) is 18.0. The van der Waals surface area contributed by atoms with Crippen molar-refractivity contribution >= 4 is 27.8 Å². The van der Waals surface area contributed by atoms with Crippen molar-refractivity contribution in [1.29, 1.82) is 0 Å². The van der Waals surface area contributed by atoms with Crippen LogP contribution in [0.15, 0.2) is 65.2 Å². The number of H-pyrrole nitrogens is 1. The summed E-state index contributed by atoms with van der Waals surface area (Å²) >= 11 is 0. The lowest BCUT2D eigenvalue weighted by Gasteiger charge is -2.30. The van der Waals surface area contributed by atoms with Crippen LogP contribution in [0.3, 0.4) is 0 Å². The smallest absolute Gasteiger partial charge is 0.237 e. The molecule has 3 unspecified atom stereocenters. The molecular formula is C26H29N3O3. The number of hydrogen-bond donors (Lipinski definition) is 4. The van der Waals surface area contributed by atoms with E-state index in [4.69, 9.17) is 4.42 Å². The minimum atomic E-state index is -0.475. The Morgan fingerprint density at radius 3 is 2.81 bits per heavy atom. The molecule has 1 aliphatic rings. The summed E-state index contributed by atoms with van der Waals surface area (Å²) in [6, 6.07) is 17.4. The number of furan rings is 1. The van der Waals surface area contributed by atoms with Gasteiger partial charge in [-0.1, -0.05) is 49.2 Å². The summed E-state index contributed by atoms with van der Waals surface area (Å²) in [5.41, 5.74) is 2.98. The van der Waals surface area contributed by atoms with Crippen LogP contribution in [0.25, 0.3) is 21.9 Å². The van der Waals surface area contributed by atoms with Crippen molar-refractivity contribution < 1.29 is 14.3 Å². The lowest BCUT2D eigenvalue weighted by atomic mass is 9.92. The quantitative estimate of drug-likeness (QED) is 0.356. The van der Waals surface area contributed by atoms with Gasteiger partial charge in [-0.05, 0) is 43.0 Å². The summed E-state index contributed by atoms with van der Waals surface area (Å²) in [6.45, 7) is 0.447. The van der Waals surface area contributed by atoms with Crippen molar-refractivity contribution in [2.75, 3.05) is 0 Å². The van der Waals surface area contributed by atoms with E-state index in [1.807, 2.05) is 54.7 Å². The molecule has 0 bridgehead atoms. The molecule has 0 aliphatic heterocycles. The minimum absolute atomic E-state index is 0.0858. The molecule has 5 rings (SSSR count). The van der Waals surface area contributed by atoms with E-state index in [1.54, 1.807) is 0 Å². The molecule has 1 amide bonds. The van der Waals surface area contributed by atoms with Crippen LogP contribution < -0.4 is 10.6 Å². The summed E-state index contributed by atoms with van der Waals surface area (Å²) in [5.74, 6) is 0.706. The summed E-state index contributed by atoms with van der Waals surface area (Å²) in [7, 11) is 0. The van der Waals surface area contributed by atoms with E-state index in [9.17, 15) is 9.90 Å². The van der Waals surface area contributed by atoms with E-state index in [-0.39, 0.29) is 11.9 Å². The zero-order valence-electron chi connectivity index (χ0n) is 18.0. The first-order valence-electron chi connectivity index (χ1n) is 11.4. The van der Waals surface area contributed by atoms with Gasteiger partial charge in [0.15, 0.2) is 0 Å². The number of hydrogen-bond acceptors (Lipinski definition) is 4. The summed E-state index contributed by atoms with van der Waals surface area (Å²) in [4.78, 5) is 16.6. The van der Waals surface area contributed by atoms with Crippen molar-refractivity contribution in [3.05, 3.63) is 72.1 Å². The Bertz CT molecular complexity index is 1180. The molecule has 1 aliphatic carbocycles. The maximum absolute atomic E-state index is 13.3. The molecule has 32 heavy (non-hydrogen) atoms. The molecule has 166 valence electrons. The molecule has 3 atom stereocenters. The van der Waals surface area contributed by atoms with E-state index in [0.717, 1.165) is 58.9 Å². The molecule has 6 nitrogen and oxygen atoms in total. The van der Waals surface area contributed by atoms with Crippen LogP contribution in [-0.2, 0) is 17.8 Å². The number of fused-ring (bicyclic) bond motifs is 2. The van der Waals surface area contributed by atoms with Gasteiger partial charge in [-0.15, -0.1) is 0 Å². The van der Waals surface area contributed by atoms with Gasteiger partial charge in [0.1, 0.15) is 11.3 Å². The van der Waals surface area contributed by atoms with E-state index in [2.05, 4.69) is 21.7 Å². The third kappa shape index (κ3) is 4.42. The minimum Gasteiger partial charge on any atom is -0.460 e. The largest absolute Gasteiger partial charge is 0.460 e. The number of benzene rings is 2. The maximum Gasteiger partial charge on any atom is 0.237 e. The highest BCUT2D eigenvalue weighted by molar-refractivity contribution is 5.86. The number of aliphatic hydroxyl groups excluding tert-OH is 1. The summed E-state index contributed by atoms with van der Waals surface area (Å²) < 4.78 is 5.93. The van der Waals surface area contributed by atoms with Crippen LogP contribution in [0.1, 0.15) is 37.0 Å². The molecule has 0 saturated heterocycles. The Labute approximate surface area is 187 Å². The van der Waals surface area contributed by atoms with Gasteiger partial charge in [0.25, 0.3) is 0 Å². The topological polar surface area (TPSA) is 90.3 Å². The Morgan fingerprint density at radius 2 is 1.94 bits per heavy atom. The van der Waals surface area contributed by atoms with E-state index in [0.29, 0.717) is 13.0 Å². The highest BCUT2D eigenvalue weighted by atomic mass is 16.3. The number of amides is 1. The van der Waals surface area contributed by atoms with Crippen LogP contribution in [-0.4, -0.2) is 34.2 Å². The molecule has 1 saturated carbocycles. The summed E-state index contributed by atoms with van der Waals surface area (Å²) in [5, 5.41) is 19.0. The van der Waals surface area contributed by atoms with Crippen molar-refractivity contribution in [3.8, 4) is 0 Å². The Balaban J connectivity index is 1.35. The molecule has 6 heteroatoms. The third-order valence-corrected chi connectivity index (χ3v) is 6.47. The molecule has 0 radical (unpaired) electrons. The van der Waals surface area contributed by atoms with Gasteiger partial charge in [0, 0.05) is 22.5 Å². The van der Waals surface area contributed by atoms with E-state index in [1.165, 1.54) is 0 Å². The predicted molar refractivity (Wildman–Crippen MR) is 125 cm³/mol. The van der Waals surface area contributed by atoms with E-state index < -0.39 is 12.1 Å². The van der Waals surface area contributed by atoms with Crippen LogP contribution in [0, 0.1) is 0 Å². The van der Waals surface area contributed by atoms with Gasteiger partial charge in [0.05, 0.1) is 24.7 Å². The fourth-order valence-electron chi connectivity index (χ4n) is 4.69. The molecule has 2 aromatic carbocycles. The first kappa shape index (κ1) is 20.8. The zero-order chi connectivity index (χ0) is 21.9. The maximum atomic E-state index is 13.3.